The van der Waals surface area contributed by atoms with Gasteiger partial charge in [-0.05, 0) is 42.2 Å². The molecule has 1 aromatic heterocycles. The molecule has 9 nitrogen and oxygen atoms in total. The average molecular weight is 506 g/mol. The Kier molecular flexibility index (Phi) is 5.95. The zero-order valence-corrected chi connectivity index (χ0v) is 21.3. The van der Waals surface area contributed by atoms with Crippen LogP contribution >= 0.6 is 0 Å². The highest BCUT2D eigenvalue weighted by Crippen LogP contribution is 2.47. The lowest BCUT2D eigenvalue weighted by Gasteiger charge is -2.47. The van der Waals surface area contributed by atoms with E-state index < -0.39 is 12.1 Å². The van der Waals surface area contributed by atoms with E-state index >= 15 is 0 Å². The van der Waals surface area contributed by atoms with Gasteiger partial charge in [0.05, 0.1) is 40.0 Å². The maximum atomic E-state index is 13.9. The number of carbonyl (C=O) groups excluding carboxylic acids is 2. The fourth-order valence-corrected chi connectivity index (χ4v) is 6.12. The summed E-state index contributed by atoms with van der Waals surface area (Å²) in [5.41, 5.74) is 3.71. The quantitative estimate of drug-likeness (QED) is 0.554. The van der Waals surface area contributed by atoms with Crippen LogP contribution in [0, 0.1) is 0 Å². The third kappa shape index (κ3) is 3.80. The SMILES string of the molecule is COc1cc(C2c3[nH]c4ccccc4c3CC3C(=O)N(CC4CCCO4)CC(=O)N32)cc(OC)c1OC. The van der Waals surface area contributed by atoms with Crippen LogP contribution in [0.1, 0.15) is 35.7 Å². The van der Waals surface area contributed by atoms with E-state index in [1.807, 2.05) is 30.3 Å². The molecule has 0 aliphatic carbocycles. The number of carbonyl (C=O) groups is 2. The highest BCUT2D eigenvalue weighted by Gasteiger charge is 2.49. The van der Waals surface area contributed by atoms with Crippen molar-refractivity contribution in [2.24, 2.45) is 0 Å². The molecular weight excluding hydrogens is 474 g/mol. The number of nitrogens with one attached hydrogen (secondary N) is 1. The molecule has 1 N–H and O–H groups in total. The highest BCUT2D eigenvalue weighted by atomic mass is 16.5. The summed E-state index contributed by atoms with van der Waals surface area (Å²) in [6.07, 6.45) is 2.33. The first kappa shape index (κ1) is 23.7. The number of amides is 2. The number of H-pyrrole nitrogens is 1. The van der Waals surface area contributed by atoms with Crippen molar-refractivity contribution in [3.8, 4) is 17.2 Å². The number of benzene rings is 2. The molecule has 4 heterocycles. The predicted molar refractivity (Wildman–Crippen MR) is 136 cm³/mol. The van der Waals surface area contributed by atoms with Gasteiger partial charge in [0, 0.05) is 36.2 Å². The zero-order valence-electron chi connectivity index (χ0n) is 21.3. The van der Waals surface area contributed by atoms with Gasteiger partial charge in [0.25, 0.3) is 0 Å². The lowest BCUT2D eigenvalue weighted by atomic mass is 9.86. The summed E-state index contributed by atoms with van der Waals surface area (Å²) in [5, 5.41) is 1.06. The Labute approximate surface area is 215 Å². The fraction of sp³-hybridized carbons (Fsp3) is 0.429. The number of ether oxygens (including phenoxy) is 4. The van der Waals surface area contributed by atoms with E-state index in [1.54, 1.807) is 31.1 Å². The minimum absolute atomic E-state index is 0.0125. The second-order valence-electron chi connectivity index (χ2n) is 9.80. The molecule has 0 spiro atoms. The van der Waals surface area contributed by atoms with Crippen LogP contribution in [0.15, 0.2) is 36.4 Å². The molecule has 37 heavy (non-hydrogen) atoms. The molecule has 2 fully saturated rings. The van der Waals surface area contributed by atoms with Crippen LogP contribution < -0.4 is 14.2 Å². The molecule has 3 aromatic rings. The van der Waals surface area contributed by atoms with Crippen LogP contribution in [0.25, 0.3) is 10.9 Å². The van der Waals surface area contributed by atoms with Gasteiger partial charge in [-0.15, -0.1) is 0 Å². The summed E-state index contributed by atoms with van der Waals surface area (Å²) >= 11 is 0. The van der Waals surface area contributed by atoms with E-state index in [0.717, 1.165) is 40.6 Å². The largest absolute Gasteiger partial charge is 0.493 e. The second-order valence-corrected chi connectivity index (χ2v) is 9.80. The molecule has 9 heteroatoms. The number of fused-ring (bicyclic) bond motifs is 4. The van der Waals surface area contributed by atoms with Crippen LogP contribution in [0.3, 0.4) is 0 Å². The van der Waals surface area contributed by atoms with Crippen molar-refractivity contribution >= 4 is 22.7 Å². The molecule has 2 saturated heterocycles. The topological polar surface area (TPSA) is 93.3 Å². The molecule has 194 valence electrons. The van der Waals surface area contributed by atoms with E-state index in [-0.39, 0.29) is 24.5 Å². The summed E-state index contributed by atoms with van der Waals surface area (Å²) in [6, 6.07) is 10.6. The summed E-state index contributed by atoms with van der Waals surface area (Å²) in [6.45, 7) is 1.19. The molecule has 3 unspecified atom stereocenters. The third-order valence-electron chi connectivity index (χ3n) is 7.79. The number of piperazine rings is 1. The molecular formula is C28H31N3O6. The number of hydrogen-bond acceptors (Lipinski definition) is 6. The Hall–Kier alpha value is -3.72. The van der Waals surface area contributed by atoms with Gasteiger partial charge in [-0.3, -0.25) is 9.59 Å². The predicted octanol–water partition coefficient (Wildman–Crippen LogP) is 3.06. The molecule has 3 aliphatic heterocycles. The van der Waals surface area contributed by atoms with E-state index in [4.69, 9.17) is 18.9 Å². The molecule has 2 aromatic carbocycles. The first-order valence-corrected chi connectivity index (χ1v) is 12.6. The summed E-state index contributed by atoms with van der Waals surface area (Å²) in [7, 11) is 4.69. The normalized spacial score (nSPS) is 23.3. The molecule has 6 rings (SSSR count). The van der Waals surface area contributed by atoms with Gasteiger partial charge in [0.1, 0.15) is 6.04 Å². The number of para-hydroxylation sites is 1. The maximum Gasteiger partial charge on any atom is 0.246 e. The highest BCUT2D eigenvalue weighted by molar-refractivity contribution is 5.97. The number of methoxy groups -OCH3 is 3. The van der Waals surface area contributed by atoms with Crippen LogP contribution in [0.4, 0.5) is 0 Å². The van der Waals surface area contributed by atoms with Crippen LogP contribution in [0.2, 0.25) is 0 Å². The van der Waals surface area contributed by atoms with Gasteiger partial charge >= 0.3 is 0 Å². The van der Waals surface area contributed by atoms with Crippen molar-refractivity contribution in [3.63, 3.8) is 0 Å². The lowest BCUT2D eigenvalue weighted by molar-refractivity contribution is -0.159. The van der Waals surface area contributed by atoms with E-state index in [0.29, 0.717) is 36.8 Å². The third-order valence-corrected chi connectivity index (χ3v) is 7.79. The zero-order chi connectivity index (χ0) is 25.7. The average Bonchev–Trinajstić information content (AvgIpc) is 3.57. The Morgan fingerprint density at radius 2 is 1.81 bits per heavy atom. The van der Waals surface area contributed by atoms with Gasteiger partial charge in [0.15, 0.2) is 11.5 Å². The van der Waals surface area contributed by atoms with Gasteiger partial charge < -0.3 is 33.7 Å². The van der Waals surface area contributed by atoms with Crippen LogP contribution in [-0.4, -0.2) is 79.8 Å². The van der Waals surface area contributed by atoms with E-state index in [1.165, 1.54) is 0 Å². The Balaban J connectivity index is 1.49. The Morgan fingerprint density at radius 1 is 1.05 bits per heavy atom. The Bertz CT molecular complexity index is 1340. The number of rotatable bonds is 6. The minimum Gasteiger partial charge on any atom is -0.493 e. The standard InChI is InChI=1S/C28H31N3O6/c1-34-22-11-16(12-23(35-2)27(22)36-3)26-25-19(18-8-4-5-9-20(18)29-25)13-21-28(33)30(15-24(32)31(21)26)14-17-7-6-10-37-17/h4-5,8-9,11-12,17,21,26,29H,6-7,10,13-15H2,1-3H3. The summed E-state index contributed by atoms with van der Waals surface area (Å²) in [5.74, 6) is 1.33. The van der Waals surface area contributed by atoms with Crippen molar-refractivity contribution in [3.05, 3.63) is 53.2 Å². The van der Waals surface area contributed by atoms with Crippen molar-refractivity contribution in [1.29, 1.82) is 0 Å². The molecule has 3 atom stereocenters. The second kappa shape index (κ2) is 9.30. The number of aromatic amines is 1. The van der Waals surface area contributed by atoms with Gasteiger partial charge in [-0.2, -0.15) is 0 Å². The van der Waals surface area contributed by atoms with E-state index in [9.17, 15) is 9.59 Å². The van der Waals surface area contributed by atoms with Crippen molar-refractivity contribution in [2.75, 3.05) is 41.0 Å². The monoisotopic (exact) mass is 505 g/mol. The van der Waals surface area contributed by atoms with Gasteiger partial charge in [-0.25, -0.2) is 0 Å². The van der Waals surface area contributed by atoms with Crippen molar-refractivity contribution in [1.82, 2.24) is 14.8 Å². The smallest absolute Gasteiger partial charge is 0.246 e. The Morgan fingerprint density at radius 3 is 2.49 bits per heavy atom. The first-order valence-electron chi connectivity index (χ1n) is 12.6. The number of hydrogen-bond donors (Lipinski definition) is 1. The molecule has 3 aliphatic rings. The summed E-state index contributed by atoms with van der Waals surface area (Å²) < 4.78 is 22.6. The van der Waals surface area contributed by atoms with Crippen LogP contribution in [0.5, 0.6) is 17.2 Å². The van der Waals surface area contributed by atoms with E-state index in [2.05, 4.69) is 11.1 Å². The maximum absolute atomic E-state index is 13.9. The van der Waals surface area contributed by atoms with Crippen LogP contribution in [-0.2, 0) is 20.7 Å². The molecule has 0 radical (unpaired) electrons. The summed E-state index contributed by atoms with van der Waals surface area (Å²) in [4.78, 5) is 34.7. The van der Waals surface area contributed by atoms with Crippen molar-refractivity contribution < 1.29 is 28.5 Å². The van der Waals surface area contributed by atoms with Gasteiger partial charge in [-0.1, -0.05) is 18.2 Å². The molecule has 0 saturated carbocycles. The van der Waals surface area contributed by atoms with Gasteiger partial charge in [0.2, 0.25) is 17.6 Å². The lowest BCUT2D eigenvalue weighted by Crippen LogP contribution is -2.63. The van der Waals surface area contributed by atoms with Crippen molar-refractivity contribution in [2.45, 2.75) is 37.5 Å². The fourth-order valence-electron chi connectivity index (χ4n) is 6.12. The number of nitrogens with zero attached hydrogens (tertiary/aromatic N) is 2. The first-order chi connectivity index (χ1) is 18.0. The molecule has 2 amide bonds. The number of aromatic nitrogens is 1. The minimum atomic E-state index is -0.613. The molecule has 0 bridgehead atoms.